The van der Waals surface area contributed by atoms with Crippen LogP contribution in [0.1, 0.15) is 36.5 Å². The van der Waals surface area contributed by atoms with Crippen LogP contribution in [0.3, 0.4) is 0 Å². The van der Waals surface area contributed by atoms with E-state index in [1.807, 2.05) is 73.7 Å². The Morgan fingerprint density at radius 2 is 1.36 bits per heavy atom. The number of carbonyl (C=O) groups is 1. The first kappa shape index (κ1) is 26.5. The molecular formula is C29H33NO6. The van der Waals surface area contributed by atoms with Crippen LogP contribution in [0.4, 0.5) is 5.69 Å². The van der Waals surface area contributed by atoms with Gasteiger partial charge in [-0.25, -0.2) is 0 Å². The molecule has 0 spiro atoms. The number of hydrogen-bond donors (Lipinski definition) is 1. The van der Waals surface area contributed by atoms with Gasteiger partial charge in [0.15, 0.2) is 23.0 Å². The van der Waals surface area contributed by atoms with Gasteiger partial charge >= 0.3 is 0 Å². The Balaban J connectivity index is 1.73. The molecule has 0 atom stereocenters. The molecule has 0 unspecified atom stereocenters. The van der Waals surface area contributed by atoms with Crippen molar-refractivity contribution in [3.8, 4) is 28.7 Å². The Labute approximate surface area is 212 Å². The molecule has 190 valence electrons. The van der Waals surface area contributed by atoms with Crippen LogP contribution in [0, 0.1) is 0 Å². The maximum atomic E-state index is 11.8. The average Bonchev–Trinajstić information content (AvgIpc) is 2.90. The number of amides is 1. The van der Waals surface area contributed by atoms with Gasteiger partial charge in [0.05, 0.1) is 28.4 Å². The summed E-state index contributed by atoms with van der Waals surface area (Å²) in [5.41, 5.74) is 3.58. The predicted octanol–water partition coefficient (Wildman–Crippen LogP) is 6.21. The van der Waals surface area contributed by atoms with Gasteiger partial charge in [0, 0.05) is 12.1 Å². The number of hydrogen-bond acceptors (Lipinski definition) is 6. The molecule has 0 saturated heterocycles. The third kappa shape index (κ3) is 6.95. The first-order valence-electron chi connectivity index (χ1n) is 11.7. The van der Waals surface area contributed by atoms with Gasteiger partial charge in [0.1, 0.15) is 6.61 Å². The highest BCUT2D eigenvalue weighted by molar-refractivity contribution is 5.90. The smallest absolute Gasteiger partial charge is 0.224 e. The van der Waals surface area contributed by atoms with E-state index in [0.717, 1.165) is 28.8 Å². The molecule has 0 radical (unpaired) electrons. The topological polar surface area (TPSA) is 75.3 Å². The van der Waals surface area contributed by atoms with Crippen molar-refractivity contribution < 1.29 is 28.5 Å². The molecule has 0 aliphatic heterocycles. The molecule has 3 aromatic rings. The summed E-state index contributed by atoms with van der Waals surface area (Å²) < 4.78 is 27.8. The van der Waals surface area contributed by atoms with Crippen LogP contribution in [0.2, 0.25) is 0 Å². The van der Waals surface area contributed by atoms with Crippen LogP contribution in [0.25, 0.3) is 12.2 Å². The second-order valence-corrected chi connectivity index (χ2v) is 7.99. The molecule has 7 nitrogen and oxygen atoms in total. The normalized spacial score (nSPS) is 10.7. The minimum atomic E-state index is 0.0163. The SMILES string of the molecule is CCCC(=O)Nc1ccc(COc2cc(/C=C\c3cc(OC)c(OC)c(OC)c3)ccc2OC)cc1. The number of benzene rings is 3. The molecule has 0 fully saturated rings. The number of anilines is 1. The van der Waals surface area contributed by atoms with Gasteiger partial charge in [-0.2, -0.15) is 0 Å². The molecule has 0 aliphatic rings. The van der Waals surface area contributed by atoms with E-state index >= 15 is 0 Å². The van der Waals surface area contributed by atoms with Crippen molar-refractivity contribution in [2.24, 2.45) is 0 Å². The Bertz CT molecular complexity index is 1160. The van der Waals surface area contributed by atoms with E-state index in [1.165, 1.54) is 0 Å². The Morgan fingerprint density at radius 3 is 1.94 bits per heavy atom. The number of ether oxygens (including phenoxy) is 5. The fraction of sp³-hybridized carbons (Fsp3) is 0.276. The zero-order chi connectivity index (χ0) is 25.9. The molecular weight excluding hydrogens is 458 g/mol. The maximum absolute atomic E-state index is 11.8. The minimum Gasteiger partial charge on any atom is -0.493 e. The molecule has 1 amide bonds. The van der Waals surface area contributed by atoms with Gasteiger partial charge in [-0.15, -0.1) is 0 Å². The third-order valence-corrected chi connectivity index (χ3v) is 5.45. The Hall–Kier alpha value is -4.13. The highest BCUT2D eigenvalue weighted by Gasteiger charge is 2.12. The fourth-order valence-corrected chi connectivity index (χ4v) is 3.60. The van der Waals surface area contributed by atoms with Gasteiger partial charge in [-0.3, -0.25) is 4.79 Å². The van der Waals surface area contributed by atoms with Crippen molar-refractivity contribution >= 4 is 23.7 Å². The fourth-order valence-electron chi connectivity index (χ4n) is 3.60. The molecule has 0 saturated carbocycles. The summed E-state index contributed by atoms with van der Waals surface area (Å²) in [6.07, 6.45) is 5.26. The molecule has 3 aromatic carbocycles. The second-order valence-electron chi connectivity index (χ2n) is 7.99. The van der Waals surface area contributed by atoms with E-state index in [2.05, 4.69) is 5.32 Å². The van der Waals surface area contributed by atoms with E-state index in [9.17, 15) is 4.79 Å². The van der Waals surface area contributed by atoms with Gasteiger partial charge < -0.3 is 29.0 Å². The van der Waals surface area contributed by atoms with Gasteiger partial charge in [0.25, 0.3) is 0 Å². The summed E-state index contributed by atoms with van der Waals surface area (Å²) in [5.74, 6) is 3.02. The summed E-state index contributed by atoms with van der Waals surface area (Å²) in [7, 11) is 6.37. The highest BCUT2D eigenvalue weighted by Crippen LogP contribution is 2.38. The second kappa shape index (κ2) is 13.1. The standard InChI is InChI=1S/C29H33NO6/c1-6-7-28(31)30-23-13-10-21(11-14-23)19-36-25-16-20(12-15-24(25)32-2)8-9-22-17-26(33-3)29(35-5)27(18-22)34-4/h8-18H,6-7,19H2,1-5H3,(H,30,31)/b9-8-. The van der Waals surface area contributed by atoms with Crippen LogP contribution in [-0.2, 0) is 11.4 Å². The quantitative estimate of drug-likeness (QED) is 0.304. The monoisotopic (exact) mass is 491 g/mol. The first-order valence-corrected chi connectivity index (χ1v) is 11.7. The van der Waals surface area contributed by atoms with E-state index < -0.39 is 0 Å². The number of carbonyl (C=O) groups excluding carboxylic acids is 1. The summed E-state index contributed by atoms with van der Waals surface area (Å²) in [6.45, 7) is 2.34. The van der Waals surface area contributed by atoms with Crippen molar-refractivity contribution in [2.45, 2.75) is 26.4 Å². The maximum Gasteiger partial charge on any atom is 0.224 e. The van der Waals surface area contributed by atoms with Crippen molar-refractivity contribution in [3.63, 3.8) is 0 Å². The average molecular weight is 492 g/mol. The van der Waals surface area contributed by atoms with E-state index in [0.29, 0.717) is 41.8 Å². The summed E-state index contributed by atoms with van der Waals surface area (Å²) in [4.78, 5) is 11.8. The molecule has 0 heterocycles. The first-order chi connectivity index (χ1) is 17.5. The van der Waals surface area contributed by atoms with E-state index in [4.69, 9.17) is 23.7 Å². The lowest BCUT2D eigenvalue weighted by molar-refractivity contribution is -0.116. The zero-order valence-corrected chi connectivity index (χ0v) is 21.4. The van der Waals surface area contributed by atoms with Crippen molar-refractivity contribution in [1.82, 2.24) is 0 Å². The van der Waals surface area contributed by atoms with Crippen LogP contribution in [-0.4, -0.2) is 34.3 Å². The van der Waals surface area contributed by atoms with Crippen molar-refractivity contribution in [3.05, 3.63) is 71.3 Å². The Kier molecular flexibility index (Phi) is 9.63. The van der Waals surface area contributed by atoms with Crippen molar-refractivity contribution in [1.29, 1.82) is 0 Å². The molecule has 36 heavy (non-hydrogen) atoms. The summed E-state index contributed by atoms with van der Waals surface area (Å²) in [5, 5.41) is 2.89. The zero-order valence-electron chi connectivity index (χ0n) is 21.4. The largest absolute Gasteiger partial charge is 0.493 e. The third-order valence-electron chi connectivity index (χ3n) is 5.45. The van der Waals surface area contributed by atoms with Gasteiger partial charge in [-0.05, 0) is 59.5 Å². The molecule has 3 rings (SSSR count). The van der Waals surface area contributed by atoms with Crippen molar-refractivity contribution in [2.75, 3.05) is 33.8 Å². The van der Waals surface area contributed by atoms with Crippen LogP contribution in [0.5, 0.6) is 28.7 Å². The molecule has 0 aliphatic carbocycles. The van der Waals surface area contributed by atoms with Gasteiger partial charge in [-0.1, -0.05) is 37.3 Å². The lowest BCUT2D eigenvalue weighted by Gasteiger charge is -2.13. The number of rotatable bonds is 12. The predicted molar refractivity (Wildman–Crippen MR) is 142 cm³/mol. The van der Waals surface area contributed by atoms with E-state index in [-0.39, 0.29) is 5.91 Å². The molecule has 0 aromatic heterocycles. The molecule has 0 bridgehead atoms. The lowest BCUT2D eigenvalue weighted by atomic mass is 10.1. The summed E-state index contributed by atoms with van der Waals surface area (Å²) >= 11 is 0. The van der Waals surface area contributed by atoms with Crippen LogP contribution < -0.4 is 29.0 Å². The minimum absolute atomic E-state index is 0.0163. The molecule has 7 heteroatoms. The Morgan fingerprint density at radius 1 is 0.750 bits per heavy atom. The lowest BCUT2D eigenvalue weighted by Crippen LogP contribution is -2.10. The number of methoxy groups -OCH3 is 4. The number of nitrogens with one attached hydrogen (secondary N) is 1. The van der Waals surface area contributed by atoms with Crippen LogP contribution in [0.15, 0.2) is 54.6 Å². The summed E-state index contributed by atoms with van der Waals surface area (Å²) in [6, 6.07) is 17.1. The van der Waals surface area contributed by atoms with E-state index in [1.54, 1.807) is 28.4 Å². The van der Waals surface area contributed by atoms with Gasteiger partial charge in [0.2, 0.25) is 11.7 Å². The van der Waals surface area contributed by atoms with Crippen LogP contribution >= 0.6 is 0 Å². The highest BCUT2D eigenvalue weighted by atomic mass is 16.5. The molecule has 1 N–H and O–H groups in total.